The number of piperazine rings is 1. The van der Waals surface area contributed by atoms with Gasteiger partial charge in [-0.3, -0.25) is 19.8 Å². The van der Waals surface area contributed by atoms with Crippen LogP contribution in [0, 0.1) is 10.1 Å². The second-order valence-corrected chi connectivity index (χ2v) is 6.88. The van der Waals surface area contributed by atoms with Crippen molar-refractivity contribution >= 4 is 28.9 Å². The Labute approximate surface area is 162 Å². The molecule has 1 N–H and O–H groups in total. The maximum atomic E-state index is 12.1. The van der Waals surface area contributed by atoms with Crippen LogP contribution in [0.25, 0.3) is 0 Å². The number of rotatable bonds is 6. The zero-order chi connectivity index (χ0) is 19.2. The van der Waals surface area contributed by atoms with Crippen LogP contribution in [-0.4, -0.2) is 48.5 Å². The van der Waals surface area contributed by atoms with E-state index in [1.54, 1.807) is 24.3 Å². The Morgan fingerprint density at radius 2 is 1.67 bits per heavy atom. The van der Waals surface area contributed by atoms with Crippen LogP contribution >= 0.6 is 11.6 Å². The van der Waals surface area contributed by atoms with Crippen molar-refractivity contribution in [3.63, 3.8) is 0 Å². The molecule has 0 spiro atoms. The van der Waals surface area contributed by atoms with Crippen molar-refractivity contribution in [1.29, 1.82) is 0 Å². The normalized spacial score (nSPS) is 14.8. The molecule has 0 unspecified atom stereocenters. The van der Waals surface area contributed by atoms with Gasteiger partial charge < -0.3 is 10.2 Å². The van der Waals surface area contributed by atoms with E-state index >= 15 is 0 Å². The molecular weight excluding hydrogens is 368 g/mol. The summed E-state index contributed by atoms with van der Waals surface area (Å²) >= 11 is 5.85. The molecule has 2 aromatic carbocycles. The Hall–Kier alpha value is -2.64. The van der Waals surface area contributed by atoms with Crippen LogP contribution < -0.4 is 10.2 Å². The molecule has 0 saturated carbocycles. The van der Waals surface area contributed by atoms with Crippen molar-refractivity contribution in [2.24, 2.45) is 0 Å². The van der Waals surface area contributed by atoms with Gasteiger partial charge in [0.25, 0.3) is 5.69 Å². The average molecular weight is 389 g/mol. The molecule has 2 aromatic rings. The lowest BCUT2D eigenvalue weighted by Crippen LogP contribution is -2.49. The van der Waals surface area contributed by atoms with Crippen molar-refractivity contribution in [3.05, 3.63) is 69.2 Å². The fourth-order valence-corrected chi connectivity index (χ4v) is 3.14. The number of non-ortho nitro benzene ring substituents is 1. The number of nitro groups is 1. The fraction of sp³-hybridized carbons (Fsp3) is 0.316. The first-order valence-corrected chi connectivity index (χ1v) is 9.12. The van der Waals surface area contributed by atoms with Gasteiger partial charge in [-0.1, -0.05) is 23.7 Å². The minimum atomic E-state index is -0.398. The van der Waals surface area contributed by atoms with E-state index in [1.165, 1.54) is 12.1 Å². The van der Waals surface area contributed by atoms with Gasteiger partial charge in [-0.2, -0.15) is 0 Å². The molecule has 0 aromatic heterocycles. The summed E-state index contributed by atoms with van der Waals surface area (Å²) in [5.74, 6) is -0.00580. The summed E-state index contributed by atoms with van der Waals surface area (Å²) in [6.45, 7) is 3.95. The van der Waals surface area contributed by atoms with E-state index in [-0.39, 0.29) is 11.6 Å². The van der Waals surface area contributed by atoms with Gasteiger partial charge in [-0.25, -0.2) is 0 Å². The predicted octanol–water partition coefficient (Wildman–Crippen LogP) is 2.69. The van der Waals surface area contributed by atoms with Gasteiger partial charge >= 0.3 is 0 Å². The van der Waals surface area contributed by atoms with E-state index in [2.05, 4.69) is 15.1 Å². The SMILES string of the molecule is O=C(CN1CCN(c2ccc([N+](=O)[O-])cc2)CC1)NCc1ccc(Cl)cc1. The third kappa shape index (κ3) is 5.42. The third-order valence-corrected chi connectivity index (χ3v) is 4.82. The number of benzene rings is 2. The van der Waals surface area contributed by atoms with Crippen molar-refractivity contribution in [2.75, 3.05) is 37.6 Å². The smallest absolute Gasteiger partial charge is 0.269 e. The van der Waals surface area contributed by atoms with E-state index in [0.717, 1.165) is 37.4 Å². The van der Waals surface area contributed by atoms with E-state index in [9.17, 15) is 14.9 Å². The van der Waals surface area contributed by atoms with Crippen LogP contribution in [0.1, 0.15) is 5.56 Å². The minimum Gasteiger partial charge on any atom is -0.369 e. The number of nitrogens with zero attached hydrogens (tertiary/aromatic N) is 3. The number of hydrogen-bond acceptors (Lipinski definition) is 5. The summed E-state index contributed by atoms with van der Waals surface area (Å²) in [5.41, 5.74) is 2.07. The highest BCUT2D eigenvalue weighted by atomic mass is 35.5. The van der Waals surface area contributed by atoms with Crippen LogP contribution in [0.5, 0.6) is 0 Å². The van der Waals surface area contributed by atoms with Gasteiger partial charge in [0.05, 0.1) is 11.5 Å². The average Bonchev–Trinajstić information content (AvgIpc) is 2.68. The Morgan fingerprint density at radius 3 is 2.26 bits per heavy atom. The fourth-order valence-electron chi connectivity index (χ4n) is 3.01. The van der Waals surface area contributed by atoms with E-state index in [0.29, 0.717) is 18.1 Å². The monoisotopic (exact) mass is 388 g/mol. The zero-order valence-electron chi connectivity index (χ0n) is 14.8. The zero-order valence-corrected chi connectivity index (χ0v) is 15.6. The number of anilines is 1. The highest BCUT2D eigenvalue weighted by molar-refractivity contribution is 6.30. The minimum absolute atomic E-state index is 0.00580. The van der Waals surface area contributed by atoms with Crippen LogP contribution in [-0.2, 0) is 11.3 Å². The molecule has 0 aliphatic carbocycles. The lowest BCUT2D eigenvalue weighted by Gasteiger charge is -2.35. The van der Waals surface area contributed by atoms with Gasteiger partial charge in [0, 0.05) is 55.6 Å². The first-order chi connectivity index (χ1) is 13.0. The van der Waals surface area contributed by atoms with Gasteiger partial charge in [0.1, 0.15) is 0 Å². The van der Waals surface area contributed by atoms with E-state index in [4.69, 9.17) is 11.6 Å². The highest BCUT2D eigenvalue weighted by Crippen LogP contribution is 2.20. The summed E-state index contributed by atoms with van der Waals surface area (Å²) in [6.07, 6.45) is 0. The van der Waals surface area contributed by atoms with Crippen molar-refractivity contribution in [1.82, 2.24) is 10.2 Å². The molecular formula is C19H21ClN4O3. The van der Waals surface area contributed by atoms with Crippen LogP contribution in [0.4, 0.5) is 11.4 Å². The molecule has 1 amide bonds. The predicted molar refractivity (Wildman–Crippen MR) is 105 cm³/mol. The number of hydrogen-bond donors (Lipinski definition) is 1. The maximum Gasteiger partial charge on any atom is 0.269 e. The van der Waals surface area contributed by atoms with Crippen LogP contribution in [0.15, 0.2) is 48.5 Å². The quantitative estimate of drug-likeness (QED) is 0.608. The molecule has 0 atom stereocenters. The first kappa shape index (κ1) is 19.1. The van der Waals surface area contributed by atoms with Crippen molar-refractivity contribution < 1.29 is 9.72 Å². The molecule has 1 fully saturated rings. The number of carbonyl (C=O) groups is 1. The second kappa shape index (κ2) is 8.83. The van der Waals surface area contributed by atoms with Gasteiger partial charge in [0.2, 0.25) is 5.91 Å². The largest absolute Gasteiger partial charge is 0.369 e. The Morgan fingerprint density at radius 1 is 1.04 bits per heavy atom. The standard InChI is InChI=1S/C19H21ClN4O3/c20-16-3-1-15(2-4-16)13-21-19(25)14-22-9-11-23(12-10-22)17-5-7-18(8-6-17)24(26)27/h1-8H,9-14H2,(H,21,25). The molecule has 1 saturated heterocycles. The Balaban J connectivity index is 1.42. The van der Waals surface area contributed by atoms with E-state index in [1.807, 2.05) is 12.1 Å². The van der Waals surface area contributed by atoms with Crippen molar-refractivity contribution in [2.45, 2.75) is 6.54 Å². The number of amides is 1. The van der Waals surface area contributed by atoms with Crippen LogP contribution in [0.2, 0.25) is 5.02 Å². The lowest BCUT2D eigenvalue weighted by molar-refractivity contribution is -0.384. The maximum absolute atomic E-state index is 12.1. The summed E-state index contributed by atoms with van der Waals surface area (Å²) in [7, 11) is 0. The van der Waals surface area contributed by atoms with Crippen molar-refractivity contribution in [3.8, 4) is 0 Å². The summed E-state index contributed by atoms with van der Waals surface area (Å²) in [4.78, 5) is 26.8. The van der Waals surface area contributed by atoms with E-state index < -0.39 is 4.92 Å². The molecule has 142 valence electrons. The number of carbonyl (C=O) groups excluding carboxylic acids is 1. The van der Waals surface area contributed by atoms with Gasteiger partial charge in [0.15, 0.2) is 0 Å². The van der Waals surface area contributed by atoms with Gasteiger partial charge in [-0.05, 0) is 29.8 Å². The Kier molecular flexibility index (Phi) is 6.26. The number of nitro benzene ring substituents is 1. The summed E-state index contributed by atoms with van der Waals surface area (Å²) in [6, 6.07) is 14.0. The topological polar surface area (TPSA) is 78.7 Å². The molecule has 1 aliphatic rings. The lowest BCUT2D eigenvalue weighted by atomic mass is 10.2. The summed E-state index contributed by atoms with van der Waals surface area (Å²) in [5, 5.41) is 14.3. The summed E-state index contributed by atoms with van der Waals surface area (Å²) < 4.78 is 0. The molecule has 0 bridgehead atoms. The molecule has 7 nitrogen and oxygen atoms in total. The molecule has 8 heteroatoms. The Bertz CT molecular complexity index is 788. The second-order valence-electron chi connectivity index (χ2n) is 6.44. The molecule has 27 heavy (non-hydrogen) atoms. The highest BCUT2D eigenvalue weighted by Gasteiger charge is 2.19. The number of nitrogens with one attached hydrogen (secondary N) is 1. The molecule has 0 radical (unpaired) electrons. The molecule has 1 aliphatic heterocycles. The number of halogens is 1. The van der Waals surface area contributed by atoms with Crippen LogP contribution in [0.3, 0.4) is 0 Å². The molecule has 1 heterocycles. The van der Waals surface area contributed by atoms with Gasteiger partial charge in [-0.15, -0.1) is 0 Å². The molecule has 3 rings (SSSR count). The third-order valence-electron chi connectivity index (χ3n) is 4.57. The first-order valence-electron chi connectivity index (χ1n) is 8.74.